The van der Waals surface area contributed by atoms with Crippen molar-refractivity contribution < 1.29 is 0 Å². The average Bonchev–Trinajstić information content (AvgIpc) is 3.27. The van der Waals surface area contributed by atoms with E-state index in [1.165, 1.54) is 24.1 Å². The first-order chi connectivity index (χ1) is 14.2. The molecule has 0 unspecified atom stereocenters. The molecule has 5 heteroatoms. The van der Waals surface area contributed by atoms with E-state index in [0.717, 1.165) is 41.4 Å². The van der Waals surface area contributed by atoms with Gasteiger partial charge in [-0.15, -0.1) is 0 Å². The Hall–Kier alpha value is -3.34. The van der Waals surface area contributed by atoms with E-state index in [9.17, 15) is 0 Å². The third-order valence-corrected chi connectivity index (χ3v) is 5.06. The van der Waals surface area contributed by atoms with Gasteiger partial charge in [0.25, 0.3) is 0 Å². The van der Waals surface area contributed by atoms with Crippen LogP contribution in [0.3, 0.4) is 0 Å². The van der Waals surface area contributed by atoms with Crippen molar-refractivity contribution >= 4 is 28.4 Å². The summed E-state index contributed by atoms with van der Waals surface area (Å²) in [6.45, 7) is 6.35. The van der Waals surface area contributed by atoms with Crippen LogP contribution >= 0.6 is 0 Å². The Balaban J connectivity index is 1.43. The summed E-state index contributed by atoms with van der Waals surface area (Å²) >= 11 is 0. The van der Waals surface area contributed by atoms with E-state index in [1.54, 1.807) is 0 Å². The molecule has 1 saturated heterocycles. The van der Waals surface area contributed by atoms with Gasteiger partial charge in [-0.05, 0) is 92.4 Å². The molecular formula is C24H25N5. The molecule has 1 heterocycles. The molecule has 1 fully saturated rings. The van der Waals surface area contributed by atoms with Gasteiger partial charge in [0.15, 0.2) is 0 Å². The smallest absolute Gasteiger partial charge is 0.0887 e. The van der Waals surface area contributed by atoms with E-state index in [-0.39, 0.29) is 0 Å². The minimum absolute atomic E-state index is 0.804. The van der Waals surface area contributed by atoms with Gasteiger partial charge in [0.05, 0.1) is 22.7 Å². The zero-order valence-corrected chi connectivity index (χ0v) is 16.9. The van der Waals surface area contributed by atoms with Crippen LogP contribution in [0.15, 0.2) is 87.2 Å². The zero-order chi connectivity index (χ0) is 20.1. The Morgan fingerprint density at radius 1 is 0.655 bits per heavy atom. The highest BCUT2D eigenvalue weighted by Crippen LogP contribution is 2.28. The van der Waals surface area contributed by atoms with Gasteiger partial charge in [0.1, 0.15) is 0 Å². The molecule has 0 N–H and O–H groups in total. The fraction of sp³-hybridized carbons (Fsp3) is 0.250. The summed E-state index contributed by atoms with van der Waals surface area (Å²) in [4.78, 5) is 2.41. The molecule has 29 heavy (non-hydrogen) atoms. The number of aryl methyl sites for hydroxylation is 2. The molecule has 0 atom stereocenters. The maximum atomic E-state index is 4.41. The Labute approximate surface area is 171 Å². The first kappa shape index (κ1) is 19.0. The van der Waals surface area contributed by atoms with Crippen molar-refractivity contribution in [1.29, 1.82) is 0 Å². The lowest BCUT2D eigenvalue weighted by molar-refractivity contribution is 0.949. The molecule has 0 saturated carbocycles. The predicted molar refractivity (Wildman–Crippen MR) is 119 cm³/mol. The highest BCUT2D eigenvalue weighted by atomic mass is 15.1. The van der Waals surface area contributed by atoms with Crippen molar-refractivity contribution in [3.05, 3.63) is 77.9 Å². The first-order valence-corrected chi connectivity index (χ1v) is 10.0. The van der Waals surface area contributed by atoms with Gasteiger partial charge in [-0.25, -0.2) is 0 Å². The van der Waals surface area contributed by atoms with Crippen LogP contribution in [-0.2, 0) is 0 Å². The highest BCUT2D eigenvalue weighted by molar-refractivity contribution is 5.55. The topological polar surface area (TPSA) is 52.7 Å². The maximum absolute atomic E-state index is 4.41. The zero-order valence-electron chi connectivity index (χ0n) is 16.9. The third kappa shape index (κ3) is 4.93. The van der Waals surface area contributed by atoms with Crippen LogP contribution in [0.4, 0.5) is 28.4 Å². The summed E-state index contributed by atoms with van der Waals surface area (Å²) < 4.78 is 0. The lowest BCUT2D eigenvalue weighted by Crippen LogP contribution is -2.17. The Kier molecular flexibility index (Phi) is 5.75. The molecule has 3 aromatic carbocycles. The van der Waals surface area contributed by atoms with Crippen molar-refractivity contribution in [2.24, 2.45) is 20.5 Å². The van der Waals surface area contributed by atoms with Crippen LogP contribution in [0.1, 0.15) is 24.0 Å². The van der Waals surface area contributed by atoms with Gasteiger partial charge < -0.3 is 4.90 Å². The SMILES string of the molecule is Cc1cccc(/N=N/c2ccc(/N=N/c3ccc(N4CCCC4)cc3)c(C)c2)c1. The molecule has 5 nitrogen and oxygen atoms in total. The van der Waals surface area contributed by atoms with Gasteiger partial charge >= 0.3 is 0 Å². The minimum Gasteiger partial charge on any atom is -0.372 e. The third-order valence-electron chi connectivity index (χ3n) is 5.06. The monoisotopic (exact) mass is 383 g/mol. The molecular weight excluding hydrogens is 358 g/mol. The molecule has 1 aliphatic rings. The quantitative estimate of drug-likeness (QED) is 0.416. The molecule has 0 aliphatic carbocycles. The van der Waals surface area contributed by atoms with Crippen molar-refractivity contribution in [1.82, 2.24) is 0 Å². The fourth-order valence-corrected chi connectivity index (χ4v) is 3.44. The van der Waals surface area contributed by atoms with Crippen LogP contribution in [0.2, 0.25) is 0 Å². The second-order valence-electron chi connectivity index (χ2n) is 7.42. The summed E-state index contributed by atoms with van der Waals surface area (Å²) in [5, 5.41) is 17.4. The number of nitrogens with zero attached hydrogens (tertiary/aromatic N) is 5. The number of hydrogen-bond donors (Lipinski definition) is 0. The minimum atomic E-state index is 0.804. The molecule has 0 amide bonds. The summed E-state index contributed by atoms with van der Waals surface area (Å²) in [5.74, 6) is 0. The summed E-state index contributed by atoms with van der Waals surface area (Å²) in [7, 11) is 0. The van der Waals surface area contributed by atoms with Crippen LogP contribution in [0.5, 0.6) is 0 Å². The molecule has 0 bridgehead atoms. The number of benzene rings is 3. The first-order valence-electron chi connectivity index (χ1n) is 10.0. The van der Waals surface area contributed by atoms with Crippen LogP contribution in [-0.4, -0.2) is 13.1 Å². The number of hydrogen-bond acceptors (Lipinski definition) is 5. The van der Waals surface area contributed by atoms with Gasteiger partial charge in [0, 0.05) is 18.8 Å². The molecule has 4 rings (SSSR count). The Morgan fingerprint density at radius 2 is 1.31 bits per heavy atom. The van der Waals surface area contributed by atoms with E-state index in [1.807, 2.05) is 68.4 Å². The van der Waals surface area contributed by atoms with E-state index in [0.29, 0.717) is 0 Å². The summed E-state index contributed by atoms with van der Waals surface area (Å²) in [6.07, 6.45) is 2.56. The maximum Gasteiger partial charge on any atom is 0.0887 e. The molecule has 1 aliphatic heterocycles. The van der Waals surface area contributed by atoms with Crippen LogP contribution in [0.25, 0.3) is 0 Å². The fourth-order valence-electron chi connectivity index (χ4n) is 3.44. The van der Waals surface area contributed by atoms with E-state index in [2.05, 4.69) is 37.5 Å². The largest absolute Gasteiger partial charge is 0.372 e. The molecule has 3 aromatic rings. The summed E-state index contributed by atoms with van der Waals surface area (Å²) in [6, 6.07) is 22.1. The second-order valence-corrected chi connectivity index (χ2v) is 7.42. The van der Waals surface area contributed by atoms with Crippen molar-refractivity contribution in [2.75, 3.05) is 18.0 Å². The standard InChI is InChI=1S/C24H25N5/c1-18-6-5-7-21(16-18)26-27-22-10-13-24(19(2)17-22)28-25-20-8-11-23(12-9-20)29-14-3-4-15-29/h5-13,16-17H,3-4,14-15H2,1-2H3/b27-26+,28-25+. The second kappa shape index (κ2) is 8.78. The number of rotatable bonds is 5. The highest BCUT2D eigenvalue weighted by Gasteiger charge is 2.11. The lowest BCUT2D eigenvalue weighted by Gasteiger charge is -2.17. The van der Waals surface area contributed by atoms with Gasteiger partial charge in [-0.2, -0.15) is 20.5 Å². The molecule has 0 aromatic heterocycles. The Morgan fingerprint density at radius 3 is 2.00 bits per heavy atom. The van der Waals surface area contributed by atoms with Gasteiger partial charge in [0.2, 0.25) is 0 Å². The van der Waals surface area contributed by atoms with Crippen molar-refractivity contribution in [3.8, 4) is 0 Å². The lowest BCUT2D eigenvalue weighted by atomic mass is 10.2. The predicted octanol–water partition coefficient (Wildman–Crippen LogP) is 7.73. The van der Waals surface area contributed by atoms with Crippen LogP contribution in [0, 0.1) is 13.8 Å². The van der Waals surface area contributed by atoms with Gasteiger partial charge in [-0.3, -0.25) is 0 Å². The van der Waals surface area contributed by atoms with Crippen molar-refractivity contribution in [2.45, 2.75) is 26.7 Å². The van der Waals surface area contributed by atoms with E-state index in [4.69, 9.17) is 0 Å². The molecule has 146 valence electrons. The van der Waals surface area contributed by atoms with Crippen molar-refractivity contribution in [3.63, 3.8) is 0 Å². The van der Waals surface area contributed by atoms with E-state index < -0.39 is 0 Å². The van der Waals surface area contributed by atoms with E-state index >= 15 is 0 Å². The normalized spacial score (nSPS) is 14.3. The Bertz CT molecular complexity index is 1030. The summed E-state index contributed by atoms with van der Waals surface area (Å²) in [5.41, 5.74) is 6.80. The molecule has 0 spiro atoms. The van der Waals surface area contributed by atoms with Gasteiger partial charge in [-0.1, -0.05) is 12.1 Å². The number of anilines is 1. The average molecular weight is 383 g/mol. The molecule has 0 radical (unpaired) electrons. The van der Waals surface area contributed by atoms with Crippen LogP contribution < -0.4 is 4.90 Å². The number of azo groups is 2.